The van der Waals surface area contributed by atoms with Crippen LogP contribution < -0.4 is 10.1 Å². The lowest BCUT2D eigenvalue weighted by Gasteiger charge is -2.32. The zero-order valence-electron chi connectivity index (χ0n) is 17.3. The third-order valence-electron chi connectivity index (χ3n) is 5.07. The highest BCUT2D eigenvalue weighted by Gasteiger charge is 2.38. The van der Waals surface area contributed by atoms with Crippen molar-refractivity contribution < 1.29 is 27.5 Å². The Morgan fingerprint density at radius 2 is 1.77 bits per heavy atom. The molecule has 9 heteroatoms. The van der Waals surface area contributed by atoms with Gasteiger partial charge < -0.3 is 14.8 Å². The van der Waals surface area contributed by atoms with Crippen LogP contribution in [0.15, 0.2) is 59.5 Å². The van der Waals surface area contributed by atoms with Crippen LogP contribution in [-0.4, -0.2) is 50.9 Å². The van der Waals surface area contributed by atoms with Crippen LogP contribution >= 0.6 is 0 Å². The van der Waals surface area contributed by atoms with Gasteiger partial charge in [0.25, 0.3) is 5.91 Å². The van der Waals surface area contributed by atoms with Gasteiger partial charge in [-0.1, -0.05) is 30.3 Å². The van der Waals surface area contributed by atoms with E-state index in [1.165, 1.54) is 16.4 Å². The van der Waals surface area contributed by atoms with E-state index in [0.717, 1.165) is 5.56 Å². The molecule has 31 heavy (non-hydrogen) atoms. The van der Waals surface area contributed by atoms with Gasteiger partial charge in [-0.3, -0.25) is 9.59 Å². The number of sulfonamides is 1. The van der Waals surface area contributed by atoms with Crippen molar-refractivity contribution in [1.29, 1.82) is 0 Å². The number of rotatable bonds is 8. The number of hydrogen-bond acceptors (Lipinski definition) is 6. The maximum absolute atomic E-state index is 13.0. The zero-order chi connectivity index (χ0) is 22.3. The highest BCUT2D eigenvalue weighted by atomic mass is 32.2. The second kappa shape index (κ2) is 10.4. The van der Waals surface area contributed by atoms with Gasteiger partial charge in [0.05, 0.1) is 12.0 Å². The Labute approximate surface area is 182 Å². The first-order valence-corrected chi connectivity index (χ1v) is 11.5. The summed E-state index contributed by atoms with van der Waals surface area (Å²) >= 11 is 0. The smallest absolute Gasteiger partial charge is 0.324 e. The lowest BCUT2D eigenvalue weighted by molar-refractivity contribution is -0.153. The number of esters is 1. The summed E-state index contributed by atoms with van der Waals surface area (Å²) in [4.78, 5) is 24.8. The molecule has 2 aromatic rings. The summed E-state index contributed by atoms with van der Waals surface area (Å²) < 4.78 is 37.4. The molecule has 1 atom stereocenters. The second-order valence-electron chi connectivity index (χ2n) is 7.17. The van der Waals surface area contributed by atoms with E-state index in [0.29, 0.717) is 25.0 Å². The third kappa shape index (κ3) is 5.83. The van der Waals surface area contributed by atoms with Crippen LogP contribution in [0.2, 0.25) is 0 Å². The lowest BCUT2D eigenvalue weighted by atomic mass is 10.1. The number of carbonyl (C=O) groups is 2. The number of methoxy groups -OCH3 is 1. The van der Waals surface area contributed by atoms with Gasteiger partial charge >= 0.3 is 5.97 Å². The lowest BCUT2D eigenvalue weighted by Crippen LogP contribution is -2.49. The average molecular weight is 447 g/mol. The Morgan fingerprint density at radius 1 is 1.06 bits per heavy atom. The van der Waals surface area contributed by atoms with E-state index in [9.17, 15) is 18.0 Å². The summed E-state index contributed by atoms with van der Waals surface area (Å²) in [6.07, 6.45) is 1.74. The molecule has 0 radical (unpaired) electrons. The summed E-state index contributed by atoms with van der Waals surface area (Å²) in [7, 11) is -2.25. The van der Waals surface area contributed by atoms with E-state index in [4.69, 9.17) is 9.47 Å². The average Bonchev–Trinajstić information content (AvgIpc) is 2.82. The van der Waals surface area contributed by atoms with Crippen LogP contribution in [0.25, 0.3) is 0 Å². The van der Waals surface area contributed by atoms with Crippen LogP contribution in [0.1, 0.15) is 24.8 Å². The largest absolute Gasteiger partial charge is 0.497 e. The van der Waals surface area contributed by atoms with Gasteiger partial charge in [-0.05, 0) is 49.1 Å². The molecule has 1 saturated heterocycles. The molecular weight excluding hydrogens is 420 g/mol. The highest BCUT2D eigenvalue weighted by molar-refractivity contribution is 7.89. The number of carbonyl (C=O) groups excluding carboxylic acids is 2. The fraction of sp³-hybridized carbons (Fsp3) is 0.364. The number of nitrogens with zero attached hydrogens (tertiary/aromatic N) is 1. The Balaban J connectivity index is 1.56. The monoisotopic (exact) mass is 446 g/mol. The van der Waals surface area contributed by atoms with Gasteiger partial charge in [0.2, 0.25) is 10.0 Å². The van der Waals surface area contributed by atoms with E-state index in [1.54, 1.807) is 37.4 Å². The molecule has 2 aromatic carbocycles. The van der Waals surface area contributed by atoms with E-state index in [-0.39, 0.29) is 18.0 Å². The number of hydrogen-bond donors (Lipinski definition) is 1. The molecule has 8 nitrogen and oxygen atoms in total. The molecule has 1 N–H and O–H groups in total. The summed E-state index contributed by atoms with van der Waals surface area (Å²) in [5.74, 6) is -0.456. The van der Waals surface area contributed by atoms with Crippen molar-refractivity contribution >= 4 is 21.9 Å². The fourth-order valence-electron chi connectivity index (χ4n) is 3.38. The predicted molar refractivity (Wildman–Crippen MR) is 114 cm³/mol. The minimum Gasteiger partial charge on any atom is -0.497 e. The Bertz CT molecular complexity index is 992. The SMILES string of the molecule is COc1ccc(CNC(=O)COC(=O)C2CCCCN2S(=O)(=O)c2ccccc2)cc1. The third-order valence-corrected chi connectivity index (χ3v) is 6.99. The van der Waals surface area contributed by atoms with Crippen molar-refractivity contribution in [2.24, 2.45) is 0 Å². The molecule has 0 spiro atoms. The molecule has 1 aliphatic heterocycles. The molecule has 1 amide bonds. The Hall–Kier alpha value is -2.91. The molecule has 166 valence electrons. The van der Waals surface area contributed by atoms with E-state index in [1.807, 2.05) is 12.1 Å². The first-order valence-electron chi connectivity index (χ1n) is 10.0. The van der Waals surface area contributed by atoms with Crippen LogP contribution in [0.4, 0.5) is 0 Å². The quantitative estimate of drug-likeness (QED) is 0.623. The van der Waals surface area contributed by atoms with Gasteiger partial charge in [-0.25, -0.2) is 8.42 Å². The van der Waals surface area contributed by atoms with Crippen LogP contribution in [0.5, 0.6) is 5.75 Å². The molecule has 1 fully saturated rings. The molecule has 0 aliphatic carbocycles. The minimum atomic E-state index is -3.83. The maximum atomic E-state index is 13.0. The van der Waals surface area contributed by atoms with Crippen molar-refractivity contribution in [3.8, 4) is 5.75 Å². The van der Waals surface area contributed by atoms with Crippen molar-refractivity contribution in [2.45, 2.75) is 36.7 Å². The van der Waals surface area contributed by atoms with Crippen molar-refractivity contribution in [3.63, 3.8) is 0 Å². The molecule has 3 rings (SSSR count). The first kappa shape index (κ1) is 22.8. The molecule has 0 saturated carbocycles. The normalized spacial score (nSPS) is 17.0. The van der Waals surface area contributed by atoms with E-state index >= 15 is 0 Å². The van der Waals surface area contributed by atoms with E-state index in [2.05, 4.69) is 5.32 Å². The molecular formula is C22H26N2O6S. The molecule has 1 aliphatic rings. The zero-order valence-corrected chi connectivity index (χ0v) is 18.1. The van der Waals surface area contributed by atoms with Gasteiger partial charge in [0.15, 0.2) is 6.61 Å². The number of ether oxygens (including phenoxy) is 2. The number of nitrogens with one attached hydrogen (secondary N) is 1. The standard InChI is InChI=1S/C22H26N2O6S/c1-29-18-12-10-17(11-13-18)15-23-21(25)16-30-22(26)20-9-5-6-14-24(20)31(27,28)19-7-3-2-4-8-19/h2-4,7-8,10-13,20H,5-6,9,14-16H2,1H3,(H,23,25). The van der Waals surface area contributed by atoms with Gasteiger partial charge in [0.1, 0.15) is 11.8 Å². The summed E-state index contributed by atoms with van der Waals surface area (Å²) in [5, 5.41) is 2.67. The predicted octanol–water partition coefficient (Wildman–Crippen LogP) is 2.10. The van der Waals surface area contributed by atoms with Crippen molar-refractivity contribution in [1.82, 2.24) is 9.62 Å². The summed E-state index contributed by atoms with van der Waals surface area (Å²) in [6.45, 7) is 0.0453. The number of benzene rings is 2. The summed E-state index contributed by atoms with van der Waals surface area (Å²) in [5.41, 5.74) is 0.868. The Kier molecular flexibility index (Phi) is 7.64. The topological polar surface area (TPSA) is 102 Å². The first-order chi connectivity index (χ1) is 14.9. The van der Waals surface area contributed by atoms with Gasteiger partial charge in [-0.2, -0.15) is 4.31 Å². The van der Waals surface area contributed by atoms with Crippen molar-refractivity contribution in [2.75, 3.05) is 20.3 Å². The van der Waals surface area contributed by atoms with Crippen LogP contribution in [0, 0.1) is 0 Å². The van der Waals surface area contributed by atoms with E-state index < -0.39 is 34.5 Å². The maximum Gasteiger partial charge on any atom is 0.324 e. The Morgan fingerprint density at radius 3 is 2.45 bits per heavy atom. The molecule has 0 aromatic heterocycles. The van der Waals surface area contributed by atoms with Gasteiger partial charge in [0, 0.05) is 13.1 Å². The molecule has 0 bridgehead atoms. The number of amides is 1. The number of piperidine rings is 1. The van der Waals surface area contributed by atoms with Crippen LogP contribution in [0.3, 0.4) is 0 Å². The van der Waals surface area contributed by atoms with Crippen LogP contribution in [-0.2, 0) is 30.9 Å². The van der Waals surface area contributed by atoms with Gasteiger partial charge in [-0.15, -0.1) is 0 Å². The molecule has 1 heterocycles. The fourth-order valence-corrected chi connectivity index (χ4v) is 5.05. The van der Waals surface area contributed by atoms with Crippen molar-refractivity contribution in [3.05, 3.63) is 60.2 Å². The second-order valence-corrected chi connectivity index (χ2v) is 9.06. The summed E-state index contributed by atoms with van der Waals surface area (Å²) in [6, 6.07) is 14.3. The molecule has 1 unspecified atom stereocenters. The minimum absolute atomic E-state index is 0.131. The highest BCUT2D eigenvalue weighted by Crippen LogP contribution is 2.26.